The molecular formula is C17H17NO3. The maximum Gasteiger partial charge on any atom is 0.234 e. The number of imide groups is 1. The number of carbonyl (C=O) groups excluding carboxylic acids is 3. The number of rotatable bonds is 3. The van der Waals surface area contributed by atoms with Crippen molar-refractivity contribution < 1.29 is 14.4 Å². The Morgan fingerprint density at radius 1 is 1.05 bits per heavy atom. The zero-order valence-corrected chi connectivity index (χ0v) is 11.9. The number of hydrogen-bond donors (Lipinski definition) is 0. The Labute approximate surface area is 123 Å². The summed E-state index contributed by atoms with van der Waals surface area (Å²) in [5, 5.41) is 0. The highest BCUT2D eigenvalue weighted by atomic mass is 16.2. The predicted octanol–water partition coefficient (Wildman–Crippen LogP) is 2.21. The van der Waals surface area contributed by atoms with Crippen LogP contribution in [0.1, 0.15) is 30.1 Å². The van der Waals surface area contributed by atoms with E-state index in [1.165, 1.54) is 4.90 Å². The minimum Gasteiger partial charge on any atom is -0.292 e. The number of hydrogen-bond acceptors (Lipinski definition) is 3. The number of amides is 2. The van der Waals surface area contributed by atoms with Crippen molar-refractivity contribution in [1.82, 2.24) is 4.90 Å². The van der Waals surface area contributed by atoms with Crippen LogP contribution in [-0.2, 0) is 9.59 Å². The Morgan fingerprint density at radius 3 is 2.10 bits per heavy atom. The van der Waals surface area contributed by atoms with E-state index < -0.39 is 6.04 Å². The van der Waals surface area contributed by atoms with Gasteiger partial charge < -0.3 is 0 Å². The molecule has 21 heavy (non-hydrogen) atoms. The average molecular weight is 283 g/mol. The maximum absolute atomic E-state index is 12.5. The van der Waals surface area contributed by atoms with Crippen LogP contribution in [0.5, 0.6) is 0 Å². The van der Waals surface area contributed by atoms with Crippen LogP contribution in [0, 0.1) is 11.8 Å². The van der Waals surface area contributed by atoms with Gasteiger partial charge in [-0.1, -0.05) is 42.5 Å². The predicted molar refractivity (Wildman–Crippen MR) is 77.4 cm³/mol. The Hall–Kier alpha value is -2.23. The first kappa shape index (κ1) is 13.7. The van der Waals surface area contributed by atoms with E-state index in [-0.39, 0.29) is 29.4 Å². The van der Waals surface area contributed by atoms with E-state index in [4.69, 9.17) is 0 Å². The van der Waals surface area contributed by atoms with E-state index in [9.17, 15) is 14.4 Å². The molecule has 0 N–H and O–H groups in total. The minimum absolute atomic E-state index is 0.191. The summed E-state index contributed by atoms with van der Waals surface area (Å²) in [6.07, 6.45) is 5.08. The molecule has 0 aromatic heterocycles. The van der Waals surface area contributed by atoms with Gasteiger partial charge in [-0.15, -0.1) is 0 Å². The van der Waals surface area contributed by atoms with Gasteiger partial charge in [0.2, 0.25) is 11.8 Å². The van der Waals surface area contributed by atoms with Crippen LogP contribution in [0.15, 0.2) is 42.5 Å². The number of Topliss-reactive ketones (excluding diaryl/α,β-unsaturated/α-hetero) is 1. The van der Waals surface area contributed by atoms with Crippen molar-refractivity contribution >= 4 is 17.6 Å². The molecule has 108 valence electrons. The van der Waals surface area contributed by atoms with Gasteiger partial charge in [0.1, 0.15) is 0 Å². The van der Waals surface area contributed by atoms with Crippen LogP contribution < -0.4 is 0 Å². The van der Waals surface area contributed by atoms with E-state index >= 15 is 0 Å². The van der Waals surface area contributed by atoms with Crippen LogP contribution in [0.2, 0.25) is 0 Å². The van der Waals surface area contributed by atoms with Crippen molar-refractivity contribution in [3.63, 3.8) is 0 Å². The molecule has 0 saturated carbocycles. The molecule has 1 saturated heterocycles. The lowest BCUT2D eigenvalue weighted by atomic mass is 9.85. The maximum atomic E-state index is 12.5. The highest BCUT2D eigenvalue weighted by molar-refractivity contribution is 6.11. The number of carbonyl (C=O) groups is 3. The number of allylic oxidation sites excluding steroid dienone is 2. The molecule has 2 aliphatic rings. The molecular weight excluding hydrogens is 266 g/mol. The molecule has 1 aromatic carbocycles. The van der Waals surface area contributed by atoms with Gasteiger partial charge >= 0.3 is 0 Å². The number of benzene rings is 1. The highest BCUT2D eigenvalue weighted by Crippen LogP contribution is 2.36. The number of nitrogens with zero attached hydrogens (tertiary/aromatic N) is 1. The first-order valence-corrected chi connectivity index (χ1v) is 7.22. The molecule has 0 radical (unpaired) electrons. The fraction of sp³-hybridized carbons (Fsp3) is 0.353. The number of fused-ring (bicyclic) bond motifs is 1. The zero-order valence-electron chi connectivity index (χ0n) is 11.9. The van der Waals surface area contributed by atoms with E-state index in [1.54, 1.807) is 31.2 Å². The van der Waals surface area contributed by atoms with Gasteiger partial charge in [0.25, 0.3) is 0 Å². The molecule has 2 amide bonds. The van der Waals surface area contributed by atoms with E-state index in [2.05, 4.69) is 0 Å². The second-order valence-corrected chi connectivity index (χ2v) is 5.61. The second-order valence-electron chi connectivity index (χ2n) is 5.61. The standard InChI is InChI=1S/C17H17NO3/c1-11(15(19)12-7-3-2-4-8-12)18-16(20)13-9-5-6-10-14(13)17(18)21/h2-8,11,13-14H,9-10H2,1H3/t11-,13-,14+/m0/s1. The first-order valence-electron chi connectivity index (χ1n) is 7.22. The Morgan fingerprint density at radius 2 is 1.57 bits per heavy atom. The van der Waals surface area contributed by atoms with Crippen molar-refractivity contribution in [2.24, 2.45) is 11.8 Å². The van der Waals surface area contributed by atoms with Gasteiger partial charge in [0, 0.05) is 5.56 Å². The molecule has 1 aromatic rings. The summed E-state index contributed by atoms with van der Waals surface area (Å²) in [6, 6.07) is 8.05. The van der Waals surface area contributed by atoms with Crippen LogP contribution in [0.4, 0.5) is 0 Å². The van der Waals surface area contributed by atoms with Crippen LogP contribution >= 0.6 is 0 Å². The van der Waals surface area contributed by atoms with Gasteiger partial charge in [-0.3, -0.25) is 19.3 Å². The number of ketones is 1. The van der Waals surface area contributed by atoms with Crippen molar-refractivity contribution in [1.29, 1.82) is 0 Å². The normalized spacial score (nSPS) is 25.9. The summed E-state index contributed by atoms with van der Waals surface area (Å²) in [5.74, 6) is -1.16. The van der Waals surface area contributed by atoms with Crippen molar-refractivity contribution in [3.05, 3.63) is 48.0 Å². The van der Waals surface area contributed by atoms with Crippen molar-refractivity contribution in [3.8, 4) is 0 Å². The van der Waals surface area contributed by atoms with Gasteiger partial charge in [-0.05, 0) is 19.8 Å². The van der Waals surface area contributed by atoms with Gasteiger partial charge in [-0.25, -0.2) is 0 Å². The molecule has 0 unspecified atom stereocenters. The minimum atomic E-state index is -0.738. The third-order valence-corrected chi connectivity index (χ3v) is 4.37. The van der Waals surface area contributed by atoms with Crippen LogP contribution in [0.3, 0.4) is 0 Å². The number of likely N-dealkylation sites (tertiary alicyclic amines) is 1. The molecule has 3 rings (SSSR count). The smallest absolute Gasteiger partial charge is 0.234 e. The van der Waals surface area contributed by atoms with Gasteiger partial charge in [0.05, 0.1) is 17.9 Å². The molecule has 1 aliphatic heterocycles. The highest BCUT2D eigenvalue weighted by Gasteiger charge is 2.49. The fourth-order valence-corrected chi connectivity index (χ4v) is 3.17. The summed E-state index contributed by atoms with van der Waals surface area (Å²) >= 11 is 0. The molecule has 4 heteroatoms. The fourth-order valence-electron chi connectivity index (χ4n) is 3.17. The van der Waals surface area contributed by atoms with Crippen LogP contribution in [-0.4, -0.2) is 28.5 Å². The summed E-state index contributed by atoms with van der Waals surface area (Å²) in [6.45, 7) is 1.63. The Balaban J connectivity index is 1.85. The molecule has 3 atom stereocenters. The molecule has 0 spiro atoms. The van der Waals surface area contributed by atoms with E-state index in [0.717, 1.165) is 0 Å². The molecule has 0 bridgehead atoms. The first-order chi connectivity index (χ1) is 10.1. The molecule has 1 fully saturated rings. The third kappa shape index (κ3) is 2.20. The SMILES string of the molecule is C[C@@H](C(=O)c1ccccc1)N1C(=O)[C@H]2CC=CC[C@H]2C1=O. The Bertz CT molecular complexity index is 594. The summed E-state index contributed by atoms with van der Waals surface area (Å²) in [4.78, 5) is 38.5. The van der Waals surface area contributed by atoms with Crippen LogP contribution in [0.25, 0.3) is 0 Å². The summed E-state index contributed by atoms with van der Waals surface area (Å²) in [5.41, 5.74) is 0.526. The summed E-state index contributed by atoms with van der Waals surface area (Å²) in [7, 11) is 0. The third-order valence-electron chi connectivity index (χ3n) is 4.37. The monoisotopic (exact) mass is 283 g/mol. The average Bonchev–Trinajstić information content (AvgIpc) is 2.79. The van der Waals surface area contributed by atoms with Crippen molar-refractivity contribution in [2.45, 2.75) is 25.8 Å². The van der Waals surface area contributed by atoms with E-state index in [0.29, 0.717) is 18.4 Å². The second kappa shape index (κ2) is 5.28. The molecule has 1 aliphatic carbocycles. The van der Waals surface area contributed by atoms with Gasteiger partial charge in [0.15, 0.2) is 5.78 Å². The van der Waals surface area contributed by atoms with Gasteiger partial charge in [-0.2, -0.15) is 0 Å². The van der Waals surface area contributed by atoms with Crippen molar-refractivity contribution in [2.75, 3.05) is 0 Å². The topological polar surface area (TPSA) is 54.5 Å². The lowest BCUT2D eigenvalue weighted by Crippen LogP contribution is -2.43. The lowest BCUT2D eigenvalue weighted by molar-refractivity contribution is -0.141. The largest absolute Gasteiger partial charge is 0.292 e. The summed E-state index contributed by atoms with van der Waals surface area (Å²) < 4.78 is 0. The molecule has 4 nitrogen and oxygen atoms in total. The molecule has 1 heterocycles. The lowest BCUT2D eigenvalue weighted by Gasteiger charge is -2.22. The zero-order chi connectivity index (χ0) is 15.0. The van der Waals surface area contributed by atoms with E-state index in [1.807, 2.05) is 18.2 Å². The quantitative estimate of drug-likeness (QED) is 0.485. The Kier molecular flexibility index (Phi) is 3.45.